The van der Waals surface area contributed by atoms with Crippen molar-refractivity contribution in [2.24, 2.45) is 0 Å². The zero-order valence-corrected chi connectivity index (χ0v) is 35.8. The number of hydrogen-bond donors (Lipinski definition) is 9. The highest BCUT2D eigenvalue weighted by molar-refractivity contribution is 5.75. The number of aliphatic hydroxyl groups excluding tert-OH is 8. The first kappa shape index (κ1) is 52.9. The highest BCUT2D eigenvalue weighted by Crippen LogP contribution is 2.30. The Morgan fingerprint density at radius 3 is 1.52 bits per heavy atom. The van der Waals surface area contributed by atoms with Gasteiger partial charge < -0.3 is 65.1 Å². The number of nitrogens with one attached hydrogen (secondary N) is 1. The molecule has 0 aromatic rings. The van der Waals surface area contributed by atoms with Crippen LogP contribution in [-0.2, 0) is 23.7 Å². The largest absolute Gasteiger partial charge is 0.394 e. The Balaban J connectivity index is 1.60. The van der Waals surface area contributed by atoms with Crippen molar-refractivity contribution in [2.45, 2.75) is 242 Å². The molecule has 2 fully saturated rings. The van der Waals surface area contributed by atoms with E-state index in [2.05, 4.69) is 12.2 Å². The van der Waals surface area contributed by atoms with E-state index in [-0.39, 0.29) is 18.9 Å². The van der Waals surface area contributed by atoms with Crippen LogP contribution in [0, 0.1) is 0 Å². The average Bonchev–Trinajstić information content (AvgIpc) is 3.22. The third kappa shape index (κ3) is 20.5. The van der Waals surface area contributed by atoms with Crippen molar-refractivity contribution in [3.05, 3.63) is 12.2 Å². The van der Waals surface area contributed by atoms with Crippen molar-refractivity contribution in [3.63, 3.8) is 0 Å². The van der Waals surface area contributed by atoms with Gasteiger partial charge in [0.1, 0.15) is 48.8 Å². The van der Waals surface area contributed by atoms with E-state index >= 15 is 0 Å². The van der Waals surface area contributed by atoms with Crippen LogP contribution in [0.4, 0.5) is 0 Å². The summed E-state index contributed by atoms with van der Waals surface area (Å²) in [6, 6.07) is -0.906. The zero-order chi connectivity index (χ0) is 42.5. The molecule has 0 aromatic carbocycles. The van der Waals surface area contributed by atoms with Gasteiger partial charge in [-0.3, -0.25) is 4.79 Å². The van der Waals surface area contributed by atoms with Gasteiger partial charge in [0.15, 0.2) is 12.6 Å². The van der Waals surface area contributed by atoms with Gasteiger partial charge in [-0.25, -0.2) is 0 Å². The Bertz CT molecular complexity index is 1040. The van der Waals surface area contributed by atoms with Gasteiger partial charge in [-0.1, -0.05) is 161 Å². The van der Waals surface area contributed by atoms with Crippen LogP contribution in [0.3, 0.4) is 0 Å². The summed E-state index contributed by atoms with van der Waals surface area (Å²) in [6.45, 7) is 2.22. The van der Waals surface area contributed by atoms with Crippen LogP contribution in [-0.4, -0.2) is 140 Å². The molecule has 58 heavy (non-hydrogen) atoms. The Labute approximate surface area is 348 Å². The highest BCUT2D eigenvalue weighted by atomic mass is 16.7. The molecule has 12 atom stereocenters. The normalized spacial score (nSPS) is 28.9. The second kappa shape index (κ2) is 32.4. The zero-order valence-electron chi connectivity index (χ0n) is 35.8. The third-order valence-corrected chi connectivity index (χ3v) is 11.5. The quantitative estimate of drug-likeness (QED) is 0.0324. The van der Waals surface area contributed by atoms with E-state index in [0.717, 1.165) is 19.3 Å². The topological polar surface area (TPSA) is 228 Å². The monoisotopic (exact) mass is 834 g/mol. The van der Waals surface area contributed by atoms with Crippen LogP contribution in [0.2, 0.25) is 0 Å². The number of unbranched alkanes of at least 4 members (excludes halogenated alkanes) is 22. The maximum atomic E-state index is 12.3. The fraction of sp³-hybridized carbons (Fsp3) is 0.932. The fourth-order valence-electron chi connectivity index (χ4n) is 7.67. The van der Waals surface area contributed by atoms with E-state index in [1.807, 2.05) is 6.08 Å². The third-order valence-electron chi connectivity index (χ3n) is 11.5. The van der Waals surface area contributed by atoms with Crippen LogP contribution < -0.4 is 5.32 Å². The first-order valence-corrected chi connectivity index (χ1v) is 22.9. The second-order valence-corrected chi connectivity index (χ2v) is 16.5. The molecular formula is C44H83NO13. The summed E-state index contributed by atoms with van der Waals surface area (Å²) in [7, 11) is 0. The minimum atomic E-state index is -1.78. The first-order chi connectivity index (χ1) is 28.1. The van der Waals surface area contributed by atoms with E-state index in [0.29, 0.717) is 0 Å². The highest BCUT2D eigenvalue weighted by Gasteiger charge is 2.50. The lowest BCUT2D eigenvalue weighted by molar-refractivity contribution is -0.359. The fourth-order valence-corrected chi connectivity index (χ4v) is 7.67. The summed E-state index contributed by atoms with van der Waals surface area (Å²) in [6.07, 6.45) is 16.8. The number of hydrogen-bond acceptors (Lipinski definition) is 13. The van der Waals surface area contributed by atoms with Crippen LogP contribution in [0.15, 0.2) is 12.2 Å². The lowest BCUT2D eigenvalue weighted by atomic mass is 9.97. The lowest BCUT2D eigenvalue weighted by Gasteiger charge is -2.46. The number of amides is 1. The van der Waals surface area contributed by atoms with Crippen molar-refractivity contribution in [3.8, 4) is 0 Å². The van der Waals surface area contributed by atoms with Gasteiger partial charge in [-0.2, -0.15) is 0 Å². The second-order valence-electron chi connectivity index (χ2n) is 16.5. The molecule has 342 valence electrons. The minimum Gasteiger partial charge on any atom is -0.394 e. The number of rotatable bonds is 34. The van der Waals surface area contributed by atoms with Crippen LogP contribution in [0.1, 0.15) is 168 Å². The van der Waals surface area contributed by atoms with Gasteiger partial charge >= 0.3 is 0 Å². The number of allylic oxidation sites excluding steroid dienone is 1. The molecule has 0 radical (unpaired) electrons. The minimum absolute atomic E-state index is 0.164. The predicted molar refractivity (Wildman–Crippen MR) is 222 cm³/mol. The van der Waals surface area contributed by atoms with Gasteiger partial charge in [0.25, 0.3) is 0 Å². The molecule has 0 aromatic heterocycles. The molecule has 12 unspecified atom stereocenters. The van der Waals surface area contributed by atoms with E-state index < -0.39 is 86.8 Å². The molecule has 0 aliphatic carbocycles. The van der Waals surface area contributed by atoms with Gasteiger partial charge in [0.05, 0.1) is 32.0 Å². The molecule has 2 saturated heterocycles. The van der Waals surface area contributed by atoms with Crippen molar-refractivity contribution in [1.29, 1.82) is 0 Å². The molecule has 0 spiro atoms. The SMILES string of the molecule is CCCCCCCCCCCCCCCCCCCCCCCC/C=C/C(O)C(COC1OC(CO)C(OC2OC(CO)C(O)C(O)C2O)C(O)C1O)NC(=O)CC. The van der Waals surface area contributed by atoms with E-state index in [4.69, 9.17) is 18.9 Å². The Kier molecular flexibility index (Phi) is 29.6. The smallest absolute Gasteiger partial charge is 0.220 e. The Hall–Kier alpha value is -1.27. The van der Waals surface area contributed by atoms with E-state index in [9.17, 15) is 45.6 Å². The summed E-state index contributed by atoms with van der Waals surface area (Å²) < 4.78 is 22.3. The van der Waals surface area contributed by atoms with Crippen LogP contribution in [0.5, 0.6) is 0 Å². The Morgan fingerprint density at radius 2 is 1.05 bits per heavy atom. The molecule has 0 saturated carbocycles. The average molecular weight is 834 g/mol. The van der Waals surface area contributed by atoms with E-state index in [1.54, 1.807) is 13.0 Å². The summed E-state index contributed by atoms with van der Waals surface area (Å²) in [5, 5.41) is 85.3. The van der Waals surface area contributed by atoms with Gasteiger partial charge in [-0.05, 0) is 12.8 Å². The first-order valence-electron chi connectivity index (χ1n) is 22.9. The summed E-state index contributed by atoms with van der Waals surface area (Å²) in [5.41, 5.74) is 0. The number of carbonyl (C=O) groups is 1. The maximum Gasteiger partial charge on any atom is 0.220 e. The van der Waals surface area contributed by atoms with Crippen molar-refractivity contribution in [2.75, 3.05) is 19.8 Å². The molecule has 14 nitrogen and oxygen atoms in total. The van der Waals surface area contributed by atoms with E-state index in [1.165, 1.54) is 128 Å². The lowest BCUT2D eigenvalue weighted by Crippen LogP contribution is -2.65. The molecular weight excluding hydrogens is 750 g/mol. The molecule has 9 N–H and O–H groups in total. The molecule has 2 rings (SSSR count). The molecule has 0 bridgehead atoms. The number of aliphatic hydroxyl groups is 8. The molecule has 14 heteroatoms. The Morgan fingerprint density at radius 1 is 0.603 bits per heavy atom. The summed E-state index contributed by atoms with van der Waals surface area (Å²) in [5.74, 6) is -0.327. The van der Waals surface area contributed by atoms with Gasteiger partial charge in [-0.15, -0.1) is 0 Å². The summed E-state index contributed by atoms with van der Waals surface area (Å²) >= 11 is 0. The predicted octanol–water partition coefficient (Wildman–Crippen LogP) is 4.43. The standard InChI is InChI=1S/C44H83NO13/c1-3-5-6-7-8-9-10-11-12-13-14-15-16-17-18-19-20-21-22-23-24-25-26-27-28-33(48)32(45-36(49)4-2)31-55-43-41(54)39(52)42(35(30-47)57-43)58-44-40(53)38(51)37(50)34(29-46)56-44/h27-28,32-35,37-44,46-48,50-54H,3-26,29-31H2,1-2H3,(H,45,49)/b28-27+. The molecule has 2 heterocycles. The summed E-state index contributed by atoms with van der Waals surface area (Å²) in [4.78, 5) is 12.3. The van der Waals surface area contributed by atoms with Gasteiger partial charge in [0.2, 0.25) is 5.91 Å². The van der Waals surface area contributed by atoms with Crippen molar-refractivity contribution >= 4 is 5.91 Å². The maximum absolute atomic E-state index is 12.3. The van der Waals surface area contributed by atoms with Crippen molar-refractivity contribution < 1.29 is 64.6 Å². The van der Waals surface area contributed by atoms with Crippen LogP contribution >= 0.6 is 0 Å². The number of ether oxygens (including phenoxy) is 4. The molecule has 1 amide bonds. The van der Waals surface area contributed by atoms with Crippen LogP contribution in [0.25, 0.3) is 0 Å². The molecule has 2 aliphatic rings. The number of carbonyl (C=O) groups excluding carboxylic acids is 1. The molecule has 2 aliphatic heterocycles. The van der Waals surface area contributed by atoms with Crippen molar-refractivity contribution in [1.82, 2.24) is 5.32 Å². The van der Waals surface area contributed by atoms with Gasteiger partial charge in [0, 0.05) is 6.42 Å².